The summed E-state index contributed by atoms with van der Waals surface area (Å²) in [4.78, 5) is 2.11. The molecule has 2 N–H and O–H groups in total. The molecule has 3 heteroatoms. The molecule has 1 heterocycles. The van der Waals surface area contributed by atoms with Gasteiger partial charge in [0.2, 0.25) is 0 Å². The molecule has 2 nitrogen and oxygen atoms in total. The third-order valence-corrected chi connectivity index (χ3v) is 3.12. The molecule has 0 aliphatic carbocycles. The summed E-state index contributed by atoms with van der Waals surface area (Å²) in [7, 11) is 0. The Hall–Kier alpha value is -2.03. The van der Waals surface area contributed by atoms with Crippen molar-refractivity contribution in [1.82, 2.24) is 0 Å². The van der Waals surface area contributed by atoms with Gasteiger partial charge < -0.3 is 10.6 Å². The Kier molecular flexibility index (Phi) is 2.25. The van der Waals surface area contributed by atoms with Crippen LogP contribution in [-0.2, 0) is 6.42 Å². The Bertz CT molecular complexity index is 566. The first-order valence-electron chi connectivity index (χ1n) is 5.65. The highest BCUT2D eigenvalue weighted by Gasteiger charge is 2.20. The lowest BCUT2D eigenvalue weighted by molar-refractivity contribution is 0.628. The van der Waals surface area contributed by atoms with Gasteiger partial charge in [0.1, 0.15) is 5.82 Å². The maximum Gasteiger partial charge on any atom is 0.125 e. The molecule has 0 atom stereocenters. The molecule has 0 saturated heterocycles. The van der Waals surface area contributed by atoms with E-state index in [9.17, 15) is 4.39 Å². The van der Waals surface area contributed by atoms with Crippen molar-refractivity contribution >= 4 is 17.1 Å². The van der Waals surface area contributed by atoms with Crippen LogP contribution in [0.15, 0.2) is 42.5 Å². The van der Waals surface area contributed by atoms with Gasteiger partial charge in [-0.15, -0.1) is 0 Å². The minimum absolute atomic E-state index is 0.195. The van der Waals surface area contributed by atoms with Gasteiger partial charge in [0.05, 0.1) is 0 Å². The second kappa shape index (κ2) is 3.77. The van der Waals surface area contributed by atoms with E-state index in [1.165, 1.54) is 11.6 Å². The van der Waals surface area contributed by atoms with Crippen molar-refractivity contribution in [2.24, 2.45) is 0 Å². The molecule has 0 radical (unpaired) electrons. The molecule has 0 bridgehead atoms. The number of hydrogen-bond donors (Lipinski definition) is 1. The molecule has 2 aromatic carbocycles. The van der Waals surface area contributed by atoms with Crippen molar-refractivity contribution in [3.05, 3.63) is 53.8 Å². The number of fused-ring (bicyclic) bond motifs is 1. The number of anilines is 3. The number of rotatable bonds is 1. The van der Waals surface area contributed by atoms with Crippen molar-refractivity contribution < 1.29 is 4.39 Å². The van der Waals surface area contributed by atoms with Crippen molar-refractivity contribution in [3.8, 4) is 0 Å². The largest absolute Gasteiger partial charge is 0.399 e. The minimum atomic E-state index is -0.195. The number of nitrogens with two attached hydrogens (primary N) is 1. The SMILES string of the molecule is Nc1cccc(N2CCc3ccc(F)cc32)c1. The van der Waals surface area contributed by atoms with E-state index in [2.05, 4.69) is 4.90 Å². The van der Waals surface area contributed by atoms with Crippen LogP contribution in [0.25, 0.3) is 0 Å². The highest BCUT2D eigenvalue weighted by Crippen LogP contribution is 2.35. The predicted octanol–water partition coefficient (Wildman–Crippen LogP) is 3.10. The van der Waals surface area contributed by atoms with E-state index in [1.807, 2.05) is 30.3 Å². The van der Waals surface area contributed by atoms with Gasteiger partial charge >= 0.3 is 0 Å². The zero-order valence-electron chi connectivity index (χ0n) is 9.36. The average molecular weight is 228 g/mol. The van der Waals surface area contributed by atoms with Gasteiger partial charge in [-0.3, -0.25) is 0 Å². The number of nitrogen functional groups attached to an aromatic ring is 1. The van der Waals surface area contributed by atoms with Crippen LogP contribution in [0.2, 0.25) is 0 Å². The predicted molar refractivity (Wildman–Crippen MR) is 68.0 cm³/mol. The van der Waals surface area contributed by atoms with E-state index >= 15 is 0 Å². The van der Waals surface area contributed by atoms with Gasteiger partial charge in [0.15, 0.2) is 0 Å². The third kappa shape index (κ3) is 1.73. The van der Waals surface area contributed by atoms with Crippen LogP contribution >= 0.6 is 0 Å². The quantitative estimate of drug-likeness (QED) is 0.760. The second-order valence-corrected chi connectivity index (χ2v) is 4.27. The Balaban J connectivity index is 2.06. The van der Waals surface area contributed by atoms with Crippen LogP contribution in [0.4, 0.5) is 21.5 Å². The van der Waals surface area contributed by atoms with Gasteiger partial charge in [-0.05, 0) is 42.3 Å². The Morgan fingerprint density at radius 2 is 2.00 bits per heavy atom. The Labute approximate surface area is 99.5 Å². The standard InChI is InChI=1S/C14H13FN2/c15-11-5-4-10-6-7-17(14(10)8-11)13-3-1-2-12(16)9-13/h1-5,8-9H,6-7,16H2. The number of benzene rings is 2. The topological polar surface area (TPSA) is 29.3 Å². The highest BCUT2D eigenvalue weighted by atomic mass is 19.1. The first-order chi connectivity index (χ1) is 8.24. The molecule has 1 aliphatic rings. The van der Waals surface area contributed by atoms with E-state index in [-0.39, 0.29) is 5.82 Å². The van der Waals surface area contributed by atoms with E-state index in [1.54, 1.807) is 6.07 Å². The summed E-state index contributed by atoms with van der Waals surface area (Å²) in [5.74, 6) is -0.195. The van der Waals surface area contributed by atoms with Gasteiger partial charge in [0.25, 0.3) is 0 Å². The van der Waals surface area contributed by atoms with Crippen LogP contribution in [-0.4, -0.2) is 6.54 Å². The second-order valence-electron chi connectivity index (χ2n) is 4.27. The van der Waals surface area contributed by atoms with E-state index < -0.39 is 0 Å². The van der Waals surface area contributed by atoms with Crippen LogP contribution in [0.3, 0.4) is 0 Å². The molecule has 86 valence electrons. The van der Waals surface area contributed by atoms with Crippen molar-refractivity contribution in [1.29, 1.82) is 0 Å². The van der Waals surface area contributed by atoms with Crippen LogP contribution in [0.1, 0.15) is 5.56 Å². The average Bonchev–Trinajstić information content (AvgIpc) is 2.71. The summed E-state index contributed by atoms with van der Waals surface area (Å²) < 4.78 is 13.3. The molecule has 3 rings (SSSR count). The lowest BCUT2D eigenvalue weighted by Crippen LogP contribution is -2.13. The molecule has 1 aliphatic heterocycles. The summed E-state index contributed by atoms with van der Waals surface area (Å²) in [5.41, 5.74) is 9.67. The molecular weight excluding hydrogens is 215 g/mol. The summed E-state index contributed by atoms with van der Waals surface area (Å²) in [6, 6.07) is 12.6. The van der Waals surface area contributed by atoms with Crippen molar-refractivity contribution in [2.45, 2.75) is 6.42 Å². The lowest BCUT2D eigenvalue weighted by Gasteiger charge is -2.19. The van der Waals surface area contributed by atoms with E-state index in [0.29, 0.717) is 0 Å². The lowest BCUT2D eigenvalue weighted by atomic mass is 10.1. The monoisotopic (exact) mass is 228 g/mol. The van der Waals surface area contributed by atoms with E-state index in [4.69, 9.17) is 5.73 Å². The normalized spacial score (nSPS) is 13.8. The molecule has 0 spiro atoms. The molecule has 0 fully saturated rings. The fourth-order valence-electron chi connectivity index (χ4n) is 2.31. The van der Waals surface area contributed by atoms with Gasteiger partial charge in [-0.25, -0.2) is 4.39 Å². The highest BCUT2D eigenvalue weighted by molar-refractivity contribution is 5.71. The first-order valence-corrected chi connectivity index (χ1v) is 5.65. The molecule has 0 saturated carbocycles. The molecular formula is C14H13FN2. The maximum atomic E-state index is 13.3. The zero-order valence-corrected chi connectivity index (χ0v) is 9.36. The van der Waals surface area contributed by atoms with Crippen LogP contribution < -0.4 is 10.6 Å². The van der Waals surface area contributed by atoms with Crippen molar-refractivity contribution in [3.63, 3.8) is 0 Å². The summed E-state index contributed by atoms with van der Waals surface area (Å²) in [6.45, 7) is 0.877. The summed E-state index contributed by atoms with van der Waals surface area (Å²) in [6.07, 6.45) is 0.949. The molecule has 2 aromatic rings. The molecule has 0 unspecified atom stereocenters. The van der Waals surface area contributed by atoms with Crippen LogP contribution in [0, 0.1) is 5.82 Å². The van der Waals surface area contributed by atoms with Gasteiger partial charge in [-0.1, -0.05) is 12.1 Å². The number of halogens is 1. The third-order valence-electron chi connectivity index (χ3n) is 3.12. The summed E-state index contributed by atoms with van der Waals surface area (Å²) >= 11 is 0. The maximum absolute atomic E-state index is 13.3. The van der Waals surface area contributed by atoms with Gasteiger partial charge in [0, 0.05) is 23.6 Å². The Morgan fingerprint density at radius 1 is 1.12 bits per heavy atom. The van der Waals surface area contributed by atoms with Crippen LogP contribution in [0.5, 0.6) is 0 Å². The van der Waals surface area contributed by atoms with Gasteiger partial charge in [-0.2, -0.15) is 0 Å². The fourth-order valence-corrected chi connectivity index (χ4v) is 2.31. The molecule has 0 aromatic heterocycles. The molecule has 17 heavy (non-hydrogen) atoms. The molecule has 0 amide bonds. The minimum Gasteiger partial charge on any atom is -0.399 e. The van der Waals surface area contributed by atoms with E-state index in [0.717, 1.165) is 30.0 Å². The zero-order chi connectivity index (χ0) is 11.8. The Morgan fingerprint density at radius 3 is 2.82 bits per heavy atom. The summed E-state index contributed by atoms with van der Waals surface area (Å²) in [5, 5.41) is 0. The smallest absolute Gasteiger partial charge is 0.125 e. The fraction of sp³-hybridized carbons (Fsp3) is 0.143. The first kappa shape index (κ1) is 10.1. The van der Waals surface area contributed by atoms with Crippen molar-refractivity contribution in [2.75, 3.05) is 17.2 Å². The number of nitrogens with zero attached hydrogens (tertiary/aromatic N) is 1. The number of hydrogen-bond acceptors (Lipinski definition) is 2.